The molecule has 122 valence electrons. The molecule has 1 aromatic rings. The molecule has 2 saturated heterocycles. The highest BCUT2D eigenvalue weighted by atomic mass is 16.7. The quantitative estimate of drug-likeness (QED) is 0.877. The first-order valence-corrected chi connectivity index (χ1v) is 8.13. The van der Waals surface area contributed by atoms with Crippen LogP contribution in [0.2, 0.25) is 0 Å². The van der Waals surface area contributed by atoms with E-state index >= 15 is 0 Å². The Morgan fingerprint density at radius 2 is 2.39 bits per heavy atom. The van der Waals surface area contributed by atoms with Crippen LogP contribution >= 0.6 is 0 Å². The van der Waals surface area contributed by atoms with Gasteiger partial charge in [0.1, 0.15) is 11.6 Å². The number of rotatable bonds is 3. The van der Waals surface area contributed by atoms with Crippen molar-refractivity contribution >= 4 is 0 Å². The molecule has 1 aromatic heterocycles. The predicted molar refractivity (Wildman–Crippen MR) is 80.2 cm³/mol. The zero-order valence-corrected chi connectivity index (χ0v) is 13.1. The summed E-state index contributed by atoms with van der Waals surface area (Å²) in [6.07, 6.45) is 4.12. The number of fused-ring (bicyclic) bond motifs is 5. The van der Waals surface area contributed by atoms with Gasteiger partial charge < -0.3 is 19.9 Å². The molecule has 0 aromatic carbocycles. The zero-order valence-electron chi connectivity index (χ0n) is 13.1. The van der Waals surface area contributed by atoms with Crippen LogP contribution in [0.4, 0.5) is 0 Å². The summed E-state index contributed by atoms with van der Waals surface area (Å²) in [5.74, 6) is 0.552. The highest BCUT2D eigenvalue weighted by molar-refractivity contribution is 5.55. The Morgan fingerprint density at radius 1 is 1.52 bits per heavy atom. The number of hydrogen-bond donors (Lipinski definition) is 2. The van der Waals surface area contributed by atoms with Crippen molar-refractivity contribution < 1.29 is 14.2 Å². The van der Waals surface area contributed by atoms with E-state index in [2.05, 4.69) is 23.2 Å². The van der Waals surface area contributed by atoms with E-state index in [1.807, 2.05) is 0 Å². The minimum Gasteiger partial charge on any atom is -0.420 e. The Balaban J connectivity index is 1.89. The van der Waals surface area contributed by atoms with Crippen LogP contribution in [0, 0.1) is 11.3 Å². The summed E-state index contributed by atoms with van der Waals surface area (Å²) < 4.78 is 17.5. The first kappa shape index (κ1) is 14.5. The summed E-state index contributed by atoms with van der Waals surface area (Å²) in [7, 11) is 0. The Bertz CT molecular complexity index is 705. The topological polar surface area (TPSA) is 106 Å². The maximum atomic E-state index is 9.73. The summed E-state index contributed by atoms with van der Waals surface area (Å²) in [6, 6.07) is 2.24. The average Bonchev–Trinajstić information content (AvgIpc) is 3.14. The molecule has 0 amide bonds. The molecule has 1 spiro atoms. The van der Waals surface area contributed by atoms with Crippen molar-refractivity contribution in [3.8, 4) is 11.9 Å². The fraction of sp³-hybridized carbons (Fsp3) is 0.625. The maximum absolute atomic E-state index is 9.73. The fourth-order valence-electron chi connectivity index (χ4n) is 3.93. The van der Waals surface area contributed by atoms with Crippen LogP contribution in [-0.2, 0) is 21.3 Å². The number of aromatic amines is 1. The second kappa shape index (κ2) is 5.25. The summed E-state index contributed by atoms with van der Waals surface area (Å²) in [4.78, 5) is 0. The largest absolute Gasteiger partial charge is 0.420 e. The molecule has 3 N–H and O–H groups in total. The third-order valence-corrected chi connectivity index (χ3v) is 5.06. The van der Waals surface area contributed by atoms with Gasteiger partial charge in [0.25, 0.3) is 0 Å². The van der Waals surface area contributed by atoms with Crippen LogP contribution in [0.25, 0.3) is 0 Å². The van der Waals surface area contributed by atoms with E-state index in [1.54, 1.807) is 0 Å². The number of H-pyrrole nitrogens is 1. The number of aryl methyl sites for hydroxylation is 1. The lowest BCUT2D eigenvalue weighted by atomic mass is 9.68. The molecular weight excluding hydrogens is 296 g/mol. The third kappa shape index (κ3) is 1.92. The molecule has 7 heteroatoms. The van der Waals surface area contributed by atoms with Crippen molar-refractivity contribution in [3.63, 3.8) is 0 Å². The Kier molecular flexibility index (Phi) is 3.32. The molecule has 3 atom stereocenters. The van der Waals surface area contributed by atoms with Gasteiger partial charge >= 0.3 is 0 Å². The summed E-state index contributed by atoms with van der Waals surface area (Å²) in [5, 5.41) is 17.1. The van der Waals surface area contributed by atoms with Crippen molar-refractivity contribution in [2.75, 3.05) is 6.61 Å². The minimum atomic E-state index is -0.713. The van der Waals surface area contributed by atoms with Crippen molar-refractivity contribution in [1.29, 1.82) is 5.26 Å². The standard InChI is InChI=1S/C16H20N4O3/c1-2-3-4-11-12-14(20-19-11)23-13(18)10(7-17)16(12)6-5-9-8-21-15(16)22-9/h9,15H,2-6,8,18H2,1H3,(H,19,20)/t9-,15?,16?/m0/s1. The molecule has 7 nitrogen and oxygen atoms in total. The molecule has 0 radical (unpaired) electrons. The molecule has 23 heavy (non-hydrogen) atoms. The van der Waals surface area contributed by atoms with E-state index in [9.17, 15) is 5.26 Å². The summed E-state index contributed by atoms with van der Waals surface area (Å²) in [6.45, 7) is 2.70. The number of unbranched alkanes of at least 4 members (excludes halogenated alkanes) is 1. The number of nitrogens with one attached hydrogen (secondary N) is 1. The second-order valence-corrected chi connectivity index (χ2v) is 6.37. The van der Waals surface area contributed by atoms with Gasteiger partial charge in [0.15, 0.2) is 6.29 Å². The van der Waals surface area contributed by atoms with E-state index in [0.29, 0.717) is 18.1 Å². The van der Waals surface area contributed by atoms with Gasteiger partial charge in [-0.3, -0.25) is 5.10 Å². The van der Waals surface area contributed by atoms with Gasteiger partial charge in [0.05, 0.1) is 23.7 Å². The zero-order chi connectivity index (χ0) is 16.0. The van der Waals surface area contributed by atoms with E-state index in [4.69, 9.17) is 19.9 Å². The van der Waals surface area contributed by atoms with Crippen molar-refractivity contribution in [3.05, 3.63) is 22.7 Å². The predicted octanol–water partition coefficient (Wildman–Crippen LogP) is 1.61. The molecule has 0 saturated carbocycles. The molecule has 4 rings (SSSR count). The molecule has 3 aliphatic rings. The Morgan fingerprint density at radius 3 is 3.17 bits per heavy atom. The average molecular weight is 316 g/mol. The Labute approximate surface area is 134 Å². The van der Waals surface area contributed by atoms with Crippen LogP contribution in [0.15, 0.2) is 11.5 Å². The van der Waals surface area contributed by atoms with Gasteiger partial charge in [0.2, 0.25) is 11.8 Å². The molecule has 0 aliphatic carbocycles. The van der Waals surface area contributed by atoms with Gasteiger partial charge in [-0.2, -0.15) is 5.26 Å². The highest BCUT2D eigenvalue weighted by Crippen LogP contribution is 2.54. The van der Waals surface area contributed by atoms with Crippen molar-refractivity contribution in [1.82, 2.24) is 10.2 Å². The van der Waals surface area contributed by atoms with E-state index in [1.165, 1.54) is 0 Å². The van der Waals surface area contributed by atoms with E-state index < -0.39 is 11.7 Å². The molecule has 2 unspecified atom stereocenters. The highest BCUT2D eigenvalue weighted by Gasteiger charge is 2.58. The van der Waals surface area contributed by atoms with Crippen LogP contribution in [-0.4, -0.2) is 29.2 Å². The van der Waals surface area contributed by atoms with Crippen molar-refractivity contribution in [2.45, 2.75) is 56.8 Å². The van der Waals surface area contributed by atoms with Crippen LogP contribution in [0.3, 0.4) is 0 Å². The van der Waals surface area contributed by atoms with E-state index in [-0.39, 0.29) is 12.0 Å². The molecule has 3 aliphatic heterocycles. The minimum absolute atomic E-state index is 0.101. The summed E-state index contributed by atoms with van der Waals surface area (Å²) >= 11 is 0. The number of hydrogen-bond acceptors (Lipinski definition) is 6. The maximum Gasteiger partial charge on any atom is 0.244 e. The fourth-order valence-corrected chi connectivity index (χ4v) is 3.93. The number of nitrogens with zero attached hydrogens (tertiary/aromatic N) is 2. The van der Waals surface area contributed by atoms with E-state index in [0.717, 1.165) is 43.4 Å². The normalized spacial score (nSPS) is 31.8. The molecule has 4 heterocycles. The van der Waals surface area contributed by atoms with Crippen LogP contribution in [0.5, 0.6) is 5.88 Å². The molecular formula is C16H20N4O3. The second-order valence-electron chi connectivity index (χ2n) is 6.37. The lowest BCUT2D eigenvalue weighted by Crippen LogP contribution is -2.48. The van der Waals surface area contributed by atoms with Crippen LogP contribution in [0.1, 0.15) is 43.9 Å². The number of ether oxygens (including phenoxy) is 3. The first-order chi connectivity index (χ1) is 11.2. The first-order valence-electron chi connectivity index (χ1n) is 8.13. The lowest BCUT2D eigenvalue weighted by molar-refractivity contribution is -0.126. The monoisotopic (exact) mass is 316 g/mol. The number of nitriles is 1. The van der Waals surface area contributed by atoms with Gasteiger partial charge in [0, 0.05) is 5.69 Å². The smallest absolute Gasteiger partial charge is 0.244 e. The number of nitrogens with two attached hydrogens (primary N) is 1. The van der Waals surface area contributed by atoms with Crippen molar-refractivity contribution in [2.24, 2.45) is 5.73 Å². The van der Waals surface area contributed by atoms with Gasteiger partial charge in [-0.1, -0.05) is 13.3 Å². The summed E-state index contributed by atoms with van der Waals surface area (Å²) in [5.41, 5.74) is 7.58. The Hall–Kier alpha value is -2.04. The lowest BCUT2D eigenvalue weighted by Gasteiger charge is -2.42. The van der Waals surface area contributed by atoms with Gasteiger partial charge in [-0.15, -0.1) is 5.10 Å². The molecule has 2 bridgehead atoms. The van der Waals surface area contributed by atoms with Gasteiger partial charge in [-0.05, 0) is 25.7 Å². The van der Waals surface area contributed by atoms with Gasteiger partial charge in [-0.25, -0.2) is 0 Å². The number of aromatic nitrogens is 2. The van der Waals surface area contributed by atoms with Crippen LogP contribution < -0.4 is 10.5 Å². The SMILES string of the molecule is CCCCc1[nH]nc2c1C1(CC[C@H]3COC1O3)C(C#N)=C(N)O2. The third-order valence-electron chi connectivity index (χ3n) is 5.06. The molecule has 2 fully saturated rings.